The van der Waals surface area contributed by atoms with Crippen LogP contribution in [0.4, 0.5) is 0 Å². The van der Waals surface area contributed by atoms with Crippen molar-refractivity contribution in [3.8, 4) is 11.5 Å². The number of hydrogen-bond acceptors (Lipinski definition) is 3. The zero-order chi connectivity index (χ0) is 11.7. The third-order valence-electron chi connectivity index (χ3n) is 2.63. The van der Waals surface area contributed by atoms with Crippen molar-refractivity contribution in [1.29, 1.82) is 0 Å². The van der Waals surface area contributed by atoms with Gasteiger partial charge in [-0.2, -0.15) is 4.98 Å². The molecule has 0 N–H and O–H groups in total. The molecular weight excluding hydrogens is 224 g/mol. The smallest absolute Gasteiger partial charge is 0.258 e. The quantitative estimate of drug-likeness (QED) is 0.747. The van der Waals surface area contributed by atoms with Crippen molar-refractivity contribution in [3.05, 3.63) is 35.2 Å². The first kappa shape index (κ1) is 11.1. The van der Waals surface area contributed by atoms with Crippen molar-refractivity contribution in [3.63, 3.8) is 0 Å². The normalized spacial score (nSPS) is 12.8. The van der Waals surface area contributed by atoms with Crippen LogP contribution < -0.4 is 0 Å². The molecule has 0 saturated carbocycles. The number of rotatable bonds is 2. The predicted octanol–water partition coefficient (Wildman–Crippen LogP) is 3.65. The largest absolute Gasteiger partial charge is 0.334 e. The van der Waals surface area contributed by atoms with Gasteiger partial charge in [-0.3, -0.25) is 0 Å². The van der Waals surface area contributed by atoms with Crippen LogP contribution in [0.2, 0.25) is 0 Å². The minimum atomic E-state index is -0.234. The molecule has 0 saturated heterocycles. The molecule has 0 aliphatic heterocycles. The number of benzene rings is 1. The molecule has 0 fully saturated rings. The average Bonchev–Trinajstić information content (AvgIpc) is 2.71. The fraction of sp³-hybridized carbons (Fsp3) is 0.333. The van der Waals surface area contributed by atoms with Gasteiger partial charge in [-0.1, -0.05) is 17.3 Å². The van der Waals surface area contributed by atoms with Gasteiger partial charge in [0.2, 0.25) is 0 Å². The highest BCUT2D eigenvalue weighted by atomic mass is 35.5. The van der Waals surface area contributed by atoms with Crippen LogP contribution in [0.5, 0.6) is 0 Å². The molecule has 0 amide bonds. The molecule has 1 aromatic carbocycles. The van der Waals surface area contributed by atoms with Crippen LogP contribution in [0.3, 0.4) is 0 Å². The molecule has 0 bridgehead atoms. The van der Waals surface area contributed by atoms with E-state index in [1.807, 2.05) is 26.0 Å². The van der Waals surface area contributed by atoms with Crippen molar-refractivity contribution in [2.45, 2.75) is 26.1 Å². The Hall–Kier alpha value is -1.35. The van der Waals surface area contributed by atoms with E-state index in [9.17, 15) is 0 Å². The maximum Gasteiger partial charge on any atom is 0.258 e. The highest BCUT2D eigenvalue weighted by Crippen LogP contribution is 2.25. The van der Waals surface area contributed by atoms with E-state index in [1.165, 1.54) is 5.56 Å². The van der Waals surface area contributed by atoms with Crippen LogP contribution in [0.25, 0.3) is 11.5 Å². The molecule has 2 aromatic rings. The summed E-state index contributed by atoms with van der Waals surface area (Å²) in [7, 11) is 0. The first-order valence-corrected chi connectivity index (χ1v) is 5.57. The van der Waals surface area contributed by atoms with E-state index in [0.717, 1.165) is 11.1 Å². The van der Waals surface area contributed by atoms with Crippen LogP contribution in [-0.2, 0) is 0 Å². The van der Waals surface area contributed by atoms with Crippen LogP contribution in [-0.4, -0.2) is 10.1 Å². The molecule has 1 heterocycles. The molecule has 0 spiro atoms. The second kappa shape index (κ2) is 4.26. The lowest BCUT2D eigenvalue weighted by Gasteiger charge is -2.03. The Morgan fingerprint density at radius 1 is 1.31 bits per heavy atom. The molecule has 0 aliphatic carbocycles. The summed E-state index contributed by atoms with van der Waals surface area (Å²) in [5, 5.41) is 3.61. The van der Waals surface area contributed by atoms with E-state index in [2.05, 4.69) is 23.1 Å². The molecular formula is C12H13ClN2O. The second-order valence-electron chi connectivity index (χ2n) is 3.82. The summed E-state index contributed by atoms with van der Waals surface area (Å²) in [6.07, 6.45) is 0. The zero-order valence-electron chi connectivity index (χ0n) is 9.49. The molecule has 3 nitrogen and oxygen atoms in total. The predicted molar refractivity (Wildman–Crippen MR) is 63.5 cm³/mol. The summed E-state index contributed by atoms with van der Waals surface area (Å²) in [5.41, 5.74) is 3.33. The summed E-state index contributed by atoms with van der Waals surface area (Å²) in [4.78, 5) is 4.27. The van der Waals surface area contributed by atoms with Gasteiger partial charge in [0.15, 0.2) is 5.82 Å². The van der Waals surface area contributed by atoms with Crippen molar-refractivity contribution < 1.29 is 4.52 Å². The number of aromatic nitrogens is 2. The summed E-state index contributed by atoms with van der Waals surface area (Å²) in [6.45, 7) is 5.91. The number of hydrogen-bond donors (Lipinski definition) is 0. The maximum atomic E-state index is 5.89. The zero-order valence-corrected chi connectivity index (χ0v) is 10.2. The Kier molecular flexibility index (Phi) is 2.97. The fourth-order valence-corrected chi connectivity index (χ4v) is 1.58. The summed E-state index contributed by atoms with van der Waals surface area (Å²) in [5.74, 6) is 1.06. The Balaban J connectivity index is 2.47. The summed E-state index contributed by atoms with van der Waals surface area (Å²) < 4.78 is 5.20. The Morgan fingerprint density at radius 3 is 2.69 bits per heavy atom. The minimum Gasteiger partial charge on any atom is -0.334 e. The van der Waals surface area contributed by atoms with E-state index in [4.69, 9.17) is 16.1 Å². The van der Waals surface area contributed by atoms with E-state index < -0.39 is 0 Å². The van der Waals surface area contributed by atoms with Gasteiger partial charge in [0.1, 0.15) is 0 Å². The fourth-order valence-electron chi connectivity index (χ4n) is 1.49. The number of alkyl halides is 1. The van der Waals surface area contributed by atoms with Gasteiger partial charge in [0.25, 0.3) is 5.89 Å². The van der Waals surface area contributed by atoms with Gasteiger partial charge in [0.05, 0.1) is 5.38 Å². The van der Waals surface area contributed by atoms with E-state index >= 15 is 0 Å². The monoisotopic (exact) mass is 236 g/mol. The topological polar surface area (TPSA) is 38.9 Å². The number of halogens is 1. The molecule has 0 aliphatic rings. The lowest BCUT2D eigenvalue weighted by atomic mass is 10.0. The van der Waals surface area contributed by atoms with Crippen molar-refractivity contribution in [2.24, 2.45) is 0 Å². The molecule has 1 aromatic heterocycles. The lowest BCUT2D eigenvalue weighted by molar-refractivity contribution is 0.422. The molecule has 84 valence electrons. The van der Waals surface area contributed by atoms with Gasteiger partial charge in [0, 0.05) is 5.56 Å². The Morgan fingerprint density at radius 2 is 2.06 bits per heavy atom. The van der Waals surface area contributed by atoms with Crippen LogP contribution in [0.1, 0.15) is 29.3 Å². The second-order valence-corrected chi connectivity index (χ2v) is 4.48. The molecule has 4 heteroatoms. The van der Waals surface area contributed by atoms with E-state index in [1.54, 1.807) is 0 Å². The minimum absolute atomic E-state index is 0.234. The molecule has 2 rings (SSSR count). The Labute approximate surface area is 99.4 Å². The van der Waals surface area contributed by atoms with Gasteiger partial charge >= 0.3 is 0 Å². The standard InChI is InChI=1S/C12H13ClN2O/c1-7-5-4-6-10(8(7)2)12-14-11(9(3)13)15-16-12/h4-6,9H,1-3H3. The van der Waals surface area contributed by atoms with E-state index in [-0.39, 0.29) is 5.38 Å². The van der Waals surface area contributed by atoms with Crippen molar-refractivity contribution >= 4 is 11.6 Å². The summed E-state index contributed by atoms with van der Waals surface area (Å²) in [6, 6.07) is 6.00. The van der Waals surface area contributed by atoms with Crippen LogP contribution in [0, 0.1) is 13.8 Å². The average molecular weight is 237 g/mol. The van der Waals surface area contributed by atoms with Gasteiger partial charge in [-0.15, -0.1) is 11.6 Å². The molecule has 16 heavy (non-hydrogen) atoms. The van der Waals surface area contributed by atoms with Gasteiger partial charge in [-0.05, 0) is 38.0 Å². The van der Waals surface area contributed by atoms with Crippen molar-refractivity contribution in [1.82, 2.24) is 10.1 Å². The van der Waals surface area contributed by atoms with Gasteiger partial charge in [-0.25, -0.2) is 0 Å². The third-order valence-corrected chi connectivity index (χ3v) is 2.83. The van der Waals surface area contributed by atoms with E-state index in [0.29, 0.717) is 11.7 Å². The first-order chi connectivity index (χ1) is 7.59. The SMILES string of the molecule is Cc1cccc(-c2nc(C(C)Cl)no2)c1C. The van der Waals surface area contributed by atoms with Crippen LogP contribution >= 0.6 is 11.6 Å². The third kappa shape index (κ3) is 1.95. The molecule has 1 unspecified atom stereocenters. The highest BCUT2D eigenvalue weighted by Gasteiger charge is 2.14. The molecule has 1 atom stereocenters. The lowest BCUT2D eigenvalue weighted by Crippen LogP contribution is -1.89. The Bertz CT molecular complexity index is 505. The number of nitrogens with zero attached hydrogens (tertiary/aromatic N) is 2. The van der Waals surface area contributed by atoms with Crippen molar-refractivity contribution in [2.75, 3.05) is 0 Å². The maximum absolute atomic E-state index is 5.89. The number of aryl methyl sites for hydroxylation is 1. The first-order valence-electron chi connectivity index (χ1n) is 5.14. The van der Waals surface area contributed by atoms with Crippen LogP contribution in [0.15, 0.2) is 22.7 Å². The van der Waals surface area contributed by atoms with Gasteiger partial charge < -0.3 is 4.52 Å². The highest BCUT2D eigenvalue weighted by molar-refractivity contribution is 6.20. The molecule has 0 radical (unpaired) electrons. The summed E-state index contributed by atoms with van der Waals surface area (Å²) >= 11 is 5.89.